The molecule has 4 heterocycles. The molecular weight excluding hydrogens is 393 g/mol. The lowest BCUT2D eigenvalue weighted by molar-refractivity contribution is 0.0675. The zero-order valence-corrected chi connectivity index (χ0v) is 16.7. The Bertz CT molecular complexity index is 939. The number of rotatable bonds is 5. The first-order chi connectivity index (χ1) is 14.5. The quantitative estimate of drug-likeness (QED) is 0.543. The van der Waals surface area contributed by atoms with E-state index >= 15 is 0 Å². The third-order valence-corrected chi connectivity index (χ3v) is 4.96. The van der Waals surface area contributed by atoms with Crippen molar-refractivity contribution in [1.82, 2.24) is 30.4 Å². The summed E-state index contributed by atoms with van der Waals surface area (Å²) in [5, 5.41) is 13.3. The minimum Gasteiger partial charge on any atom is -0.480 e. The number of amidine groups is 1. The first-order valence-electron chi connectivity index (χ1n) is 9.52. The first kappa shape index (κ1) is 20.0. The van der Waals surface area contributed by atoms with Crippen molar-refractivity contribution >= 4 is 11.7 Å². The van der Waals surface area contributed by atoms with Crippen molar-refractivity contribution in [2.24, 2.45) is 10.7 Å². The third-order valence-electron chi connectivity index (χ3n) is 4.96. The molecule has 0 aliphatic carbocycles. The third kappa shape index (κ3) is 4.19. The van der Waals surface area contributed by atoms with Gasteiger partial charge in [0.2, 0.25) is 5.88 Å². The molecule has 1 fully saturated rings. The molecule has 1 unspecified atom stereocenters. The predicted molar refractivity (Wildman–Crippen MR) is 107 cm³/mol. The fourth-order valence-corrected chi connectivity index (χ4v) is 3.22. The Kier molecular flexibility index (Phi) is 5.50. The number of morpholine rings is 1. The number of halogens is 1. The van der Waals surface area contributed by atoms with Crippen LogP contribution < -0.4 is 21.1 Å². The molecule has 0 amide bonds. The number of hydrogen-bond acceptors (Lipinski definition) is 10. The smallest absolute Gasteiger partial charge is 0.234 e. The average Bonchev–Trinajstić information content (AvgIpc) is 3.21. The number of methoxy groups -OCH3 is 1. The van der Waals surface area contributed by atoms with Crippen LogP contribution in [0.5, 0.6) is 5.88 Å². The van der Waals surface area contributed by atoms with E-state index in [4.69, 9.17) is 20.2 Å². The first-order valence-corrected chi connectivity index (χ1v) is 9.52. The Labute approximate surface area is 172 Å². The number of ether oxygens (including phenoxy) is 2. The SMILES string of the molecule is COc1cc(NC2=CC(N3CCOCC3)=NC(N)([C@H](C)c3ncc(F)cn3)N2)[nH]n1. The highest BCUT2D eigenvalue weighted by molar-refractivity contribution is 5.95. The van der Waals surface area contributed by atoms with E-state index in [1.165, 1.54) is 7.11 Å². The van der Waals surface area contributed by atoms with Crippen LogP contribution in [-0.4, -0.2) is 70.1 Å². The van der Waals surface area contributed by atoms with Crippen LogP contribution in [-0.2, 0) is 4.74 Å². The van der Waals surface area contributed by atoms with Crippen LogP contribution in [0.25, 0.3) is 0 Å². The molecule has 1 saturated heterocycles. The van der Waals surface area contributed by atoms with Crippen molar-refractivity contribution in [1.29, 1.82) is 0 Å². The molecule has 0 radical (unpaired) electrons. The largest absolute Gasteiger partial charge is 0.480 e. The normalized spacial score (nSPS) is 22.6. The molecular formula is C18H24FN9O2. The summed E-state index contributed by atoms with van der Waals surface area (Å²) < 4.78 is 23.8. The van der Waals surface area contributed by atoms with Gasteiger partial charge in [-0.1, -0.05) is 0 Å². The van der Waals surface area contributed by atoms with Crippen LogP contribution in [0.15, 0.2) is 35.3 Å². The molecule has 2 atom stereocenters. The molecule has 160 valence electrons. The molecule has 30 heavy (non-hydrogen) atoms. The molecule has 0 bridgehead atoms. The summed E-state index contributed by atoms with van der Waals surface area (Å²) in [4.78, 5) is 15.0. The zero-order chi connectivity index (χ0) is 21.1. The fraction of sp³-hybridized carbons (Fsp3) is 0.444. The number of anilines is 1. The van der Waals surface area contributed by atoms with E-state index in [9.17, 15) is 4.39 Å². The van der Waals surface area contributed by atoms with Gasteiger partial charge in [0, 0.05) is 25.2 Å². The minimum absolute atomic E-state index is 0.376. The van der Waals surface area contributed by atoms with E-state index < -0.39 is 17.5 Å². The fourth-order valence-electron chi connectivity index (χ4n) is 3.22. The van der Waals surface area contributed by atoms with Crippen molar-refractivity contribution < 1.29 is 13.9 Å². The standard InChI is InChI=1S/C18H24FN9O2/c1-11(17-21-9-12(19)10-22-17)18(20)24-13(23-14-8-16(29-2)27-26-14)7-15(25-18)28-3-5-30-6-4-28/h7-11,24H,3-6,20H2,1-2H3,(H2,23,26,27)/t11-,18?/m1/s1. The second kappa shape index (κ2) is 8.24. The lowest BCUT2D eigenvalue weighted by atomic mass is 10.0. The van der Waals surface area contributed by atoms with Gasteiger partial charge in [-0.3, -0.25) is 10.8 Å². The number of nitrogens with two attached hydrogens (primary N) is 1. The lowest BCUT2D eigenvalue weighted by Gasteiger charge is -2.39. The number of H-pyrrole nitrogens is 1. The molecule has 5 N–H and O–H groups in total. The monoisotopic (exact) mass is 417 g/mol. The molecule has 2 aliphatic rings. The van der Waals surface area contributed by atoms with Crippen LogP contribution in [0, 0.1) is 5.82 Å². The van der Waals surface area contributed by atoms with Gasteiger partial charge < -0.3 is 25.0 Å². The lowest BCUT2D eigenvalue weighted by Crippen LogP contribution is -2.60. The maximum Gasteiger partial charge on any atom is 0.234 e. The van der Waals surface area contributed by atoms with E-state index in [0.29, 0.717) is 55.5 Å². The predicted octanol–water partition coefficient (Wildman–Crippen LogP) is 0.351. The number of aliphatic imine (C=N–C) groups is 1. The summed E-state index contributed by atoms with van der Waals surface area (Å²) in [6.45, 7) is 4.43. The Morgan fingerprint density at radius 2 is 2.07 bits per heavy atom. The molecule has 0 spiro atoms. The van der Waals surface area contributed by atoms with Crippen LogP contribution in [0.3, 0.4) is 0 Å². The van der Waals surface area contributed by atoms with E-state index in [1.807, 2.05) is 13.0 Å². The van der Waals surface area contributed by atoms with E-state index in [-0.39, 0.29) is 0 Å². The van der Waals surface area contributed by atoms with E-state index in [2.05, 4.69) is 35.7 Å². The highest BCUT2D eigenvalue weighted by atomic mass is 19.1. The summed E-state index contributed by atoms with van der Waals surface area (Å²) in [7, 11) is 1.54. The molecule has 2 aromatic heterocycles. The number of aromatic nitrogens is 4. The Morgan fingerprint density at radius 3 is 2.73 bits per heavy atom. The summed E-state index contributed by atoms with van der Waals surface area (Å²) in [5.74, 6) is 0.493. The van der Waals surface area contributed by atoms with Gasteiger partial charge in [-0.2, -0.15) is 0 Å². The van der Waals surface area contributed by atoms with E-state index in [1.54, 1.807) is 6.07 Å². The molecule has 0 saturated carbocycles. The van der Waals surface area contributed by atoms with Gasteiger partial charge in [0.25, 0.3) is 0 Å². The number of hydrogen-bond donors (Lipinski definition) is 4. The summed E-state index contributed by atoms with van der Waals surface area (Å²) in [6.07, 6.45) is 4.09. The Balaban J connectivity index is 1.64. The molecule has 12 heteroatoms. The molecule has 4 rings (SSSR count). The minimum atomic E-state index is -1.27. The molecule has 2 aromatic rings. The van der Waals surface area contributed by atoms with Gasteiger partial charge in [0.1, 0.15) is 23.3 Å². The van der Waals surface area contributed by atoms with Crippen molar-refractivity contribution in [3.05, 3.63) is 42.0 Å². The van der Waals surface area contributed by atoms with Crippen molar-refractivity contribution in [3.8, 4) is 5.88 Å². The van der Waals surface area contributed by atoms with Crippen molar-refractivity contribution in [2.45, 2.75) is 18.6 Å². The van der Waals surface area contributed by atoms with Crippen LogP contribution in [0.2, 0.25) is 0 Å². The second-order valence-corrected chi connectivity index (χ2v) is 7.01. The molecule has 2 aliphatic heterocycles. The second-order valence-electron chi connectivity index (χ2n) is 7.01. The van der Waals surface area contributed by atoms with Crippen LogP contribution >= 0.6 is 0 Å². The number of nitrogens with zero attached hydrogens (tertiary/aromatic N) is 5. The van der Waals surface area contributed by atoms with Gasteiger partial charge in [-0.15, -0.1) is 5.10 Å². The Morgan fingerprint density at radius 1 is 1.33 bits per heavy atom. The number of nitrogens with one attached hydrogen (secondary N) is 3. The molecule has 11 nitrogen and oxygen atoms in total. The highest BCUT2D eigenvalue weighted by Crippen LogP contribution is 2.27. The van der Waals surface area contributed by atoms with Crippen LogP contribution in [0.1, 0.15) is 18.7 Å². The zero-order valence-electron chi connectivity index (χ0n) is 16.7. The van der Waals surface area contributed by atoms with Gasteiger partial charge in [0.05, 0.1) is 38.6 Å². The average molecular weight is 417 g/mol. The highest BCUT2D eigenvalue weighted by Gasteiger charge is 2.39. The van der Waals surface area contributed by atoms with E-state index in [0.717, 1.165) is 12.4 Å². The van der Waals surface area contributed by atoms with Crippen LogP contribution in [0.4, 0.5) is 10.2 Å². The molecule has 0 aromatic carbocycles. The maximum absolute atomic E-state index is 13.3. The van der Waals surface area contributed by atoms with Crippen molar-refractivity contribution in [2.75, 3.05) is 38.7 Å². The van der Waals surface area contributed by atoms with Gasteiger partial charge in [-0.25, -0.2) is 19.4 Å². The van der Waals surface area contributed by atoms with Gasteiger partial charge >= 0.3 is 0 Å². The summed E-state index contributed by atoms with van der Waals surface area (Å²) >= 11 is 0. The number of aromatic amines is 1. The topological polar surface area (TPSA) is 139 Å². The summed E-state index contributed by atoms with van der Waals surface area (Å²) in [5.41, 5.74) is 6.68. The van der Waals surface area contributed by atoms with Gasteiger partial charge in [0.15, 0.2) is 11.6 Å². The maximum atomic E-state index is 13.3. The summed E-state index contributed by atoms with van der Waals surface area (Å²) in [6, 6.07) is 1.72. The van der Waals surface area contributed by atoms with Gasteiger partial charge in [-0.05, 0) is 6.92 Å². The Hall–Kier alpha value is -3.25. The van der Waals surface area contributed by atoms with Crippen molar-refractivity contribution in [3.63, 3.8) is 0 Å².